The molecule has 142 valence electrons. The van der Waals surface area contributed by atoms with Crippen molar-refractivity contribution in [2.45, 2.75) is 6.54 Å². The van der Waals surface area contributed by atoms with Crippen LogP contribution in [0.3, 0.4) is 0 Å². The zero-order valence-corrected chi connectivity index (χ0v) is 15.3. The van der Waals surface area contributed by atoms with Gasteiger partial charge in [-0.3, -0.25) is 14.4 Å². The Hall–Kier alpha value is -2.93. The quantitative estimate of drug-likeness (QED) is 0.734. The fourth-order valence-corrected chi connectivity index (χ4v) is 2.27. The van der Waals surface area contributed by atoms with Crippen molar-refractivity contribution in [1.82, 2.24) is 10.2 Å². The van der Waals surface area contributed by atoms with Crippen LogP contribution in [0.4, 0.5) is 4.39 Å². The molecule has 0 atom stereocenters. The number of carbonyl (C=O) groups excluding carboxylic acids is 3. The number of ether oxygens (including phenoxy) is 1. The molecule has 0 saturated carbocycles. The van der Waals surface area contributed by atoms with Gasteiger partial charge in [-0.2, -0.15) is 0 Å². The summed E-state index contributed by atoms with van der Waals surface area (Å²) in [5.74, 6) is -2.33. The van der Waals surface area contributed by atoms with Crippen molar-refractivity contribution in [1.29, 1.82) is 0 Å². The van der Waals surface area contributed by atoms with Gasteiger partial charge in [0.15, 0.2) is 6.61 Å². The zero-order valence-electron chi connectivity index (χ0n) is 14.6. The Morgan fingerprint density at radius 1 is 1.15 bits per heavy atom. The monoisotopic (exact) mass is 392 g/mol. The number of hydrogen-bond acceptors (Lipinski definition) is 4. The zero-order chi connectivity index (χ0) is 19.8. The first-order chi connectivity index (χ1) is 12.8. The summed E-state index contributed by atoms with van der Waals surface area (Å²) in [6.07, 6.45) is 0. The average Bonchev–Trinajstić information content (AvgIpc) is 2.65. The van der Waals surface area contributed by atoms with Gasteiger partial charge in [0.1, 0.15) is 12.4 Å². The van der Waals surface area contributed by atoms with Gasteiger partial charge in [0.25, 0.3) is 11.8 Å². The van der Waals surface area contributed by atoms with E-state index >= 15 is 0 Å². The van der Waals surface area contributed by atoms with Crippen LogP contribution in [0.15, 0.2) is 48.5 Å². The second-order valence-corrected chi connectivity index (χ2v) is 6.17. The summed E-state index contributed by atoms with van der Waals surface area (Å²) in [4.78, 5) is 36.9. The molecule has 8 heteroatoms. The Labute approximate surface area is 160 Å². The molecule has 0 radical (unpaired) electrons. The number of amides is 2. The Kier molecular flexibility index (Phi) is 7.31. The fraction of sp³-hybridized carbons (Fsp3) is 0.211. The maximum absolute atomic E-state index is 13.1. The predicted molar refractivity (Wildman–Crippen MR) is 97.6 cm³/mol. The highest BCUT2D eigenvalue weighted by atomic mass is 35.5. The van der Waals surface area contributed by atoms with Crippen LogP contribution in [-0.4, -0.2) is 42.9 Å². The number of hydrogen-bond donors (Lipinski definition) is 1. The summed E-state index contributed by atoms with van der Waals surface area (Å²) >= 11 is 5.81. The smallest absolute Gasteiger partial charge is 0.325 e. The first kappa shape index (κ1) is 20.4. The van der Waals surface area contributed by atoms with Crippen LogP contribution < -0.4 is 5.32 Å². The number of carbonyl (C=O) groups is 3. The summed E-state index contributed by atoms with van der Waals surface area (Å²) in [6, 6.07) is 12.1. The van der Waals surface area contributed by atoms with E-state index in [0.717, 1.165) is 11.6 Å². The maximum atomic E-state index is 13.1. The van der Waals surface area contributed by atoms with Gasteiger partial charge in [0.05, 0.1) is 0 Å². The molecular formula is C19H18ClFN2O4. The van der Waals surface area contributed by atoms with E-state index in [1.165, 1.54) is 23.1 Å². The summed E-state index contributed by atoms with van der Waals surface area (Å²) in [5.41, 5.74) is 0.963. The highest BCUT2D eigenvalue weighted by Crippen LogP contribution is 2.11. The third-order valence-corrected chi connectivity index (χ3v) is 3.85. The first-order valence-electron chi connectivity index (χ1n) is 8.03. The minimum absolute atomic E-state index is 0.0848. The molecule has 27 heavy (non-hydrogen) atoms. The summed E-state index contributed by atoms with van der Waals surface area (Å²) < 4.78 is 17.9. The highest BCUT2D eigenvalue weighted by Gasteiger charge is 2.14. The number of rotatable bonds is 7. The van der Waals surface area contributed by atoms with Crippen molar-refractivity contribution < 1.29 is 23.5 Å². The Balaban J connectivity index is 1.73. The van der Waals surface area contributed by atoms with Crippen LogP contribution >= 0.6 is 11.6 Å². The van der Waals surface area contributed by atoms with Crippen LogP contribution in [0, 0.1) is 5.82 Å². The lowest BCUT2D eigenvalue weighted by atomic mass is 10.2. The summed E-state index contributed by atoms with van der Waals surface area (Å²) in [6.45, 7) is -0.536. The summed E-state index contributed by atoms with van der Waals surface area (Å²) in [7, 11) is 1.58. The minimum atomic E-state index is -0.770. The molecule has 0 aromatic heterocycles. The standard InChI is InChI=1S/C19H18ClFN2O4/c1-23(11-13-5-7-15(20)8-6-13)17(24)12-27-18(25)10-22-19(26)14-3-2-4-16(21)9-14/h2-9H,10-12H2,1H3,(H,22,26). The molecule has 0 heterocycles. The summed E-state index contributed by atoms with van der Waals surface area (Å²) in [5, 5.41) is 2.91. The van der Waals surface area contributed by atoms with E-state index in [2.05, 4.69) is 5.32 Å². The minimum Gasteiger partial charge on any atom is -0.454 e. The van der Waals surface area contributed by atoms with E-state index in [0.29, 0.717) is 11.6 Å². The van der Waals surface area contributed by atoms with Crippen molar-refractivity contribution >= 4 is 29.4 Å². The van der Waals surface area contributed by atoms with Gasteiger partial charge in [-0.25, -0.2) is 4.39 Å². The SMILES string of the molecule is CN(Cc1ccc(Cl)cc1)C(=O)COC(=O)CNC(=O)c1cccc(F)c1. The number of esters is 1. The lowest BCUT2D eigenvalue weighted by Gasteiger charge is -2.17. The van der Waals surface area contributed by atoms with Gasteiger partial charge < -0.3 is 15.0 Å². The molecule has 2 rings (SSSR count). The number of benzene rings is 2. The molecule has 0 aliphatic carbocycles. The number of halogens is 2. The Morgan fingerprint density at radius 3 is 2.52 bits per heavy atom. The van der Waals surface area contributed by atoms with Crippen molar-refractivity contribution in [2.24, 2.45) is 0 Å². The lowest BCUT2D eigenvalue weighted by Crippen LogP contribution is -2.34. The van der Waals surface area contributed by atoms with Gasteiger partial charge in [-0.1, -0.05) is 29.8 Å². The van der Waals surface area contributed by atoms with Crippen molar-refractivity contribution in [3.8, 4) is 0 Å². The molecule has 0 spiro atoms. The average molecular weight is 393 g/mol. The van der Waals surface area contributed by atoms with E-state index < -0.39 is 36.8 Å². The molecule has 2 amide bonds. The predicted octanol–water partition coefficient (Wildman–Crippen LogP) is 2.41. The van der Waals surface area contributed by atoms with Gasteiger partial charge in [0.2, 0.25) is 0 Å². The third kappa shape index (κ3) is 6.71. The van der Waals surface area contributed by atoms with Crippen LogP contribution in [-0.2, 0) is 20.9 Å². The van der Waals surface area contributed by atoms with E-state index in [4.69, 9.17) is 16.3 Å². The van der Waals surface area contributed by atoms with Crippen LogP contribution in [0.5, 0.6) is 0 Å². The van der Waals surface area contributed by atoms with Crippen LogP contribution in [0.1, 0.15) is 15.9 Å². The van der Waals surface area contributed by atoms with Crippen LogP contribution in [0.25, 0.3) is 0 Å². The molecule has 0 fully saturated rings. The van der Waals surface area contributed by atoms with Gasteiger partial charge >= 0.3 is 5.97 Å². The molecule has 0 bridgehead atoms. The second-order valence-electron chi connectivity index (χ2n) is 5.73. The Bertz CT molecular complexity index is 827. The molecule has 0 unspecified atom stereocenters. The normalized spacial score (nSPS) is 10.2. The molecule has 2 aromatic carbocycles. The molecule has 0 aliphatic heterocycles. The van der Waals surface area contributed by atoms with Crippen molar-refractivity contribution in [3.05, 3.63) is 70.5 Å². The van der Waals surface area contributed by atoms with Crippen molar-refractivity contribution in [2.75, 3.05) is 20.2 Å². The molecular weight excluding hydrogens is 375 g/mol. The molecule has 1 N–H and O–H groups in total. The fourth-order valence-electron chi connectivity index (χ4n) is 2.14. The van der Waals surface area contributed by atoms with Gasteiger partial charge in [-0.05, 0) is 35.9 Å². The van der Waals surface area contributed by atoms with E-state index in [-0.39, 0.29) is 5.56 Å². The topological polar surface area (TPSA) is 75.7 Å². The maximum Gasteiger partial charge on any atom is 0.325 e. The molecule has 0 aliphatic rings. The van der Waals surface area contributed by atoms with E-state index in [1.807, 2.05) is 0 Å². The number of likely N-dealkylation sites (N-methyl/N-ethyl adjacent to an activating group) is 1. The van der Waals surface area contributed by atoms with E-state index in [1.54, 1.807) is 31.3 Å². The number of nitrogens with one attached hydrogen (secondary N) is 1. The third-order valence-electron chi connectivity index (χ3n) is 3.60. The first-order valence-corrected chi connectivity index (χ1v) is 8.41. The molecule has 0 saturated heterocycles. The number of nitrogens with zero attached hydrogens (tertiary/aromatic N) is 1. The highest BCUT2D eigenvalue weighted by molar-refractivity contribution is 6.30. The second kappa shape index (κ2) is 9.68. The largest absolute Gasteiger partial charge is 0.454 e. The lowest BCUT2D eigenvalue weighted by molar-refractivity contribution is -0.150. The van der Waals surface area contributed by atoms with Gasteiger partial charge in [-0.15, -0.1) is 0 Å². The van der Waals surface area contributed by atoms with E-state index in [9.17, 15) is 18.8 Å². The van der Waals surface area contributed by atoms with Crippen molar-refractivity contribution in [3.63, 3.8) is 0 Å². The molecule has 2 aromatic rings. The Morgan fingerprint density at radius 2 is 1.85 bits per heavy atom. The van der Waals surface area contributed by atoms with Gasteiger partial charge in [0, 0.05) is 24.2 Å². The van der Waals surface area contributed by atoms with Crippen LogP contribution in [0.2, 0.25) is 5.02 Å². The molecule has 6 nitrogen and oxygen atoms in total.